The van der Waals surface area contributed by atoms with Gasteiger partial charge in [-0.1, -0.05) is 59.1 Å². The molecule has 1 N–H and O–H groups in total. The zero-order valence-electron chi connectivity index (χ0n) is 11.1. The third-order valence-corrected chi connectivity index (χ3v) is 3.59. The molecule has 2 aromatic carbocycles. The van der Waals surface area contributed by atoms with Crippen LogP contribution in [0.1, 0.15) is 29.3 Å². The molecule has 0 aliphatic rings. The van der Waals surface area contributed by atoms with Gasteiger partial charge in [0.1, 0.15) is 0 Å². The number of hydrogen-bond acceptors (Lipinski definition) is 1. The molecule has 0 spiro atoms. The van der Waals surface area contributed by atoms with E-state index in [4.69, 9.17) is 11.6 Å². The molecular weight excluding hydrogens is 338 g/mol. The van der Waals surface area contributed by atoms with Crippen molar-refractivity contribution < 1.29 is 4.79 Å². The Morgan fingerprint density at radius 2 is 2.00 bits per heavy atom. The molecule has 0 atom stereocenters. The van der Waals surface area contributed by atoms with Gasteiger partial charge in [-0.25, -0.2) is 0 Å². The van der Waals surface area contributed by atoms with E-state index in [1.54, 1.807) is 18.2 Å². The second-order valence-electron chi connectivity index (χ2n) is 4.52. The van der Waals surface area contributed by atoms with E-state index < -0.39 is 0 Å². The number of halogens is 2. The normalized spacial score (nSPS) is 10.3. The van der Waals surface area contributed by atoms with Crippen LogP contribution < -0.4 is 5.32 Å². The molecule has 4 heteroatoms. The number of amides is 1. The molecule has 0 aliphatic carbocycles. The molecular formula is C16H15BrClNO. The highest BCUT2D eigenvalue weighted by atomic mass is 79.9. The van der Waals surface area contributed by atoms with Crippen LogP contribution in [0.2, 0.25) is 5.02 Å². The lowest BCUT2D eigenvalue weighted by atomic mass is 10.1. The minimum Gasteiger partial charge on any atom is -0.322 e. The molecule has 0 radical (unpaired) electrons. The summed E-state index contributed by atoms with van der Waals surface area (Å²) in [5.74, 6) is -0.156. The van der Waals surface area contributed by atoms with Crippen molar-refractivity contribution in [3.8, 4) is 0 Å². The molecule has 0 fully saturated rings. The lowest BCUT2D eigenvalue weighted by molar-refractivity contribution is 0.102. The van der Waals surface area contributed by atoms with E-state index >= 15 is 0 Å². The van der Waals surface area contributed by atoms with Crippen molar-refractivity contribution in [3.63, 3.8) is 0 Å². The number of carbonyl (C=O) groups excluding carboxylic acids is 1. The van der Waals surface area contributed by atoms with E-state index in [-0.39, 0.29) is 5.91 Å². The molecule has 2 nitrogen and oxygen atoms in total. The lowest BCUT2D eigenvalue weighted by Crippen LogP contribution is -2.13. The SMILES string of the molecule is CCCc1ccccc1NC(=O)c1cc(Cl)cc(Br)c1. The molecule has 0 bridgehead atoms. The smallest absolute Gasteiger partial charge is 0.255 e. The van der Waals surface area contributed by atoms with Crippen molar-refractivity contribution >= 4 is 39.1 Å². The minimum absolute atomic E-state index is 0.156. The Hall–Kier alpha value is -1.32. The second-order valence-corrected chi connectivity index (χ2v) is 5.87. The van der Waals surface area contributed by atoms with Gasteiger partial charge in [0.25, 0.3) is 5.91 Å². The van der Waals surface area contributed by atoms with Gasteiger partial charge in [-0.3, -0.25) is 4.79 Å². The standard InChI is InChI=1S/C16H15BrClNO/c1-2-5-11-6-3-4-7-15(11)19-16(20)12-8-13(17)10-14(18)9-12/h3-4,6-10H,2,5H2,1H3,(H,19,20). The van der Waals surface area contributed by atoms with E-state index in [1.165, 1.54) is 0 Å². The molecule has 0 aliphatic heterocycles. The summed E-state index contributed by atoms with van der Waals surface area (Å²) in [6, 6.07) is 13.0. The summed E-state index contributed by atoms with van der Waals surface area (Å²) in [7, 11) is 0. The van der Waals surface area contributed by atoms with E-state index in [2.05, 4.69) is 28.2 Å². The highest BCUT2D eigenvalue weighted by Gasteiger charge is 2.10. The van der Waals surface area contributed by atoms with Crippen LogP contribution in [0.3, 0.4) is 0 Å². The molecule has 104 valence electrons. The second kappa shape index (κ2) is 6.91. The number of anilines is 1. The Kier molecular flexibility index (Phi) is 5.21. The number of benzene rings is 2. The van der Waals surface area contributed by atoms with Gasteiger partial charge in [0.05, 0.1) is 0 Å². The average molecular weight is 353 g/mol. The van der Waals surface area contributed by atoms with Crippen molar-refractivity contribution in [2.45, 2.75) is 19.8 Å². The van der Waals surface area contributed by atoms with Crippen molar-refractivity contribution in [2.24, 2.45) is 0 Å². The predicted molar refractivity (Wildman–Crippen MR) is 87.5 cm³/mol. The third kappa shape index (κ3) is 3.84. The maximum absolute atomic E-state index is 12.3. The molecule has 0 saturated heterocycles. The molecule has 0 heterocycles. The summed E-state index contributed by atoms with van der Waals surface area (Å²) in [4.78, 5) is 12.3. The van der Waals surface area contributed by atoms with E-state index in [0.29, 0.717) is 10.6 Å². The van der Waals surface area contributed by atoms with Crippen LogP contribution in [-0.2, 0) is 6.42 Å². The van der Waals surface area contributed by atoms with Gasteiger partial charge >= 0.3 is 0 Å². The van der Waals surface area contributed by atoms with Crippen LogP contribution in [0.25, 0.3) is 0 Å². The van der Waals surface area contributed by atoms with Gasteiger partial charge in [-0.05, 0) is 36.2 Å². The Labute approximate surface area is 132 Å². The topological polar surface area (TPSA) is 29.1 Å². The molecule has 0 aromatic heterocycles. The van der Waals surface area contributed by atoms with Crippen LogP contribution >= 0.6 is 27.5 Å². The molecule has 2 rings (SSSR count). The molecule has 2 aromatic rings. The van der Waals surface area contributed by atoms with Gasteiger partial charge in [0.2, 0.25) is 0 Å². The van der Waals surface area contributed by atoms with Crippen LogP contribution in [0, 0.1) is 0 Å². The molecule has 1 amide bonds. The first-order valence-electron chi connectivity index (χ1n) is 6.45. The minimum atomic E-state index is -0.156. The number of nitrogens with one attached hydrogen (secondary N) is 1. The third-order valence-electron chi connectivity index (χ3n) is 2.91. The average Bonchev–Trinajstić information content (AvgIpc) is 2.40. The van der Waals surface area contributed by atoms with Gasteiger partial charge in [0, 0.05) is 20.7 Å². The highest BCUT2D eigenvalue weighted by Crippen LogP contribution is 2.22. The van der Waals surface area contributed by atoms with Crippen LogP contribution in [0.5, 0.6) is 0 Å². The monoisotopic (exact) mass is 351 g/mol. The van der Waals surface area contributed by atoms with Gasteiger partial charge in [0.15, 0.2) is 0 Å². The zero-order chi connectivity index (χ0) is 14.5. The fraction of sp³-hybridized carbons (Fsp3) is 0.188. The molecule has 20 heavy (non-hydrogen) atoms. The van der Waals surface area contributed by atoms with Crippen molar-refractivity contribution in [1.29, 1.82) is 0 Å². The Bertz CT molecular complexity index is 607. The predicted octanol–water partition coefficient (Wildman–Crippen LogP) is 5.31. The fourth-order valence-electron chi connectivity index (χ4n) is 2.01. The number of carbonyl (C=O) groups is 1. The first-order chi connectivity index (χ1) is 9.60. The van der Waals surface area contributed by atoms with Gasteiger partial charge in [-0.2, -0.15) is 0 Å². The van der Waals surface area contributed by atoms with Crippen LogP contribution in [0.4, 0.5) is 5.69 Å². The highest BCUT2D eigenvalue weighted by molar-refractivity contribution is 9.10. The van der Waals surface area contributed by atoms with Crippen molar-refractivity contribution in [3.05, 3.63) is 63.1 Å². The fourth-order valence-corrected chi connectivity index (χ4v) is 2.87. The van der Waals surface area contributed by atoms with E-state index in [0.717, 1.165) is 28.6 Å². The molecule has 0 unspecified atom stereocenters. The van der Waals surface area contributed by atoms with E-state index in [9.17, 15) is 4.79 Å². The Morgan fingerprint density at radius 1 is 1.25 bits per heavy atom. The number of hydrogen-bond donors (Lipinski definition) is 1. The molecule has 0 saturated carbocycles. The largest absolute Gasteiger partial charge is 0.322 e. The van der Waals surface area contributed by atoms with Crippen molar-refractivity contribution in [1.82, 2.24) is 0 Å². The maximum Gasteiger partial charge on any atom is 0.255 e. The maximum atomic E-state index is 12.3. The number of para-hydroxylation sites is 1. The summed E-state index contributed by atoms with van der Waals surface area (Å²) in [5.41, 5.74) is 2.54. The van der Waals surface area contributed by atoms with Gasteiger partial charge < -0.3 is 5.32 Å². The summed E-state index contributed by atoms with van der Waals surface area (Å²) >= 11 is 9.31. The van der Waals surface area contributed by atoms with Gasteiger partial charge in [-0.15, -0.1) is 0 Å². The number of aryl methyl sites for hydroxylation is 1. The first-order valence-corrected chi connectivity index (χ1v) is 7.62. The zero-order valence-corrected chi connectivity index (χ0v) is 13.5. The van der Waals surface area contributed by atoms with Crippen LogP contribution in [-0.4, -0.2) is 5.91 Å². The van der Waals surface area contributed by atoms with Crippen molar-refractivity contribution in [2.75, 3.05) is 5.32 Å². The first kappa shape index (κ1) is 15.1. The Morgan fingerprint density at radius 3 is 2.70 bits per heavy atom. The summed E-state index contributed by atoms with van der Waals surface area (Å²) in [5, 5.41) is 3.48. The summed E-state index contributed by atoms with van der Waals surface area (Å²) < 4.78 is 0.789. The van der Waals surface area contributed by atoms with E-state index in [1.807, 2.05) is 24.3 Å². The Balaban J connectivity index is 2.23. The summed E-state index contributed by atoms with van der Waals surface area (Å²) in [6.07, 6.45) is 1.98. The quantitative estimate of drug-likeness (QED) is 0.794. The van der Waals surface area contributed by atoms with Crippen LogP contribution in [0.15, 0.2) is 46.9 Å². The number of rotatable bonds is 4. The summed E-state index contributed by atoms with van der Waals surface area (Å²) in [6.45, 7) is 2.12. The lowest BCUT2D eigenvalue weighted by Gasteiger charge is -2.11.